The number of nitrogens with one attached hydrogen (secondary N) is 2. The van der Waals surface area contributed by atoms with E-state index in [1.165, 1.54) is 11.1 Å². The van der Waals surface area contributed by atoms with Crippen LogP contribution >= 0.6 is 0 Å². The van der Waals surface area contributed by atoms with Crippen molar-refractivity contribution in [3.8, 4) is 0 Å². The summed E-state index contributed by atoms with van der Waals surface area (Å²) in [6, 6.07) is 8.26. The van der Waals surface area contributed by atoms with Crippen molar-refractivity contribution < 1.29 is 4.79 Å². The van der Waals surface area contributed by atoms with Gasteiger partial charge < -0.3 is 5.32 Å². The van der Waals surface area contributed by atoms with E-state index in [0.717, 1.165) is 13.0 Å². The topological polar surface area (TPSA) is 41.1 Å². The van der Waals surface area contributed by atoms with Crippen LogP contribution in [0.25, 0.3) is 0 Å². The fourth-order valence-electron chi connectivity index (χ4n) is 2.25. The molecular weight excluding hydrogens is 248 g/mol. The number of rotatable bonds is 7. The number of benzene rings is 1. The Labute approximate surface area is 123 Å². The van der Waals surface area contributed by atoms with Crippen LogP contribution in [0.4, 0.5) is 0 Å². The second kappa shape index (κ2) is 8.05. The van der Waals surface area contributed by atoms with Gasteiger partial charge in [0.1, 0.15) is 0 Å². The highest BCUT2D eigenvalue weighted by atomic mass is 16.2. The zero-order chi connectivity index (χ0) is 15.1. The predicted octanol–water partition coefficient (Wildman–Crippen LogP) is 3.20. The molecule has 1 aromatic rings. The average molecular weight is 276 g/mol. The number of hydrogen-bond donors (Lipinski definition) is 2. The van der Waals surface area contributed by atoms with Crippen LogP contribution in [-0.2, 0) is 4.79 Å². The first kappa shape index (κ1) is 16.7. The molecule has 1 aromatic carbocycles. The van der Waals surface area contributed by atoms with Crippen LogP contribution in [0.2, 0.25) is 0 Å². The summed E-state index contributed by atoms with van der Waals surface area (Å²) in [6.45, 7) is 11.2. The standard InChI is InChI=1S/C17H28N2O/c1-12(2)10-11-18-17(20)15(5)19-14(4)16-9-7-6-8-13(16)3/h6-9,12,14-15,19H,10-11H2,1-5H3,(H,18,20)/t14-,15?/m1/s1. The minimum atomic E-state index is -0.184. The van der Waals surface area contributed by atoms with Gasteiger partial charge in [-0.05, 0) is 44.2 Å². The first-order chi connectivity index (χ1) is 9.41. The van der Waals surface area contributed by atoms with Gasteiger partial charge in [0, 0.05) is 12.6 Å². The summed E-state index contributed by atoms with van der Waals surface area (Å²) in [5, 5.41) is 6.35. The second-order valence-electron chi connectivity index (χ2n) is 5.94. The van der Waals surface area contributed by atoms with E-state index in [1.54, 1.807) is 0 Å². The molecular formula is C17H28N2O. The van der Waals surface area contributed by atoms with Crippen molar-refractivity contribution >= 4 is 5.91 Å². The van der Waals surface area contributed by atoms with Crippen LogP contribution in [0.3, 0.4) is 0 Å². The molecule has 0 aliphatic rings. The number of amides is 1. The molecule has 2 N–H and O–H groups in total. The van der Waals surface area contributed by atoms with Gasteiger partial charge in [0.25, 0.3) is 0 Å². The van der Waals surface area contributed by atoms with E-state index in [9.17, 15) is 4.79 Å². The predicted molar refractivity (Wildman–Crippen MR) is 84.7 cm³/mol. The van der Waals surface area contributed by atoms with Crippen molar-refractivity contribution in [2.24, 2.45) is 5.92 Å². The molecule has 112 valence electrons. The molecule has 2 atom stereocenters. The molecule has 0 aliphatic heterocycles. The van der Waals surface area contributed by atoms with Gasteiger partial charge in [-0.3, -0.25) is 10.1 Å². The molecule has 0 aliphatic carbocycles. The van der Waals surface area contributed by atoms with Gasteiger partial charge in [-0.25, -0.2) is 0 Å². The molecule has 0 fully saturated rings. The van der Waals surface area contributed by atoms with Crippen LogP contribution in [0, 0.1) is 12.8 Å². The quantitative estimate of drug-likeness (QED) is 0.803. The summed E-state index contributed by atoms with van der Waals surface area (Å²) in [5.41, 5.74) is 2.49. The Hall–Kier alpha value is -1.35. The van der Waals surface area contributed by atoms with Crippen molar-refractivity contribution in [1.29, 1.82) is 0 Å². The van der Waals surface area contributed by atoms with Gasteiger partial charge in [-0.1, -0.05) is 38.1 Å². The Bertz CT molecular complexity index is 429. The maximum atomic E-state index is 12.0. The maximum absolute atomic E-state index is 12.0. The van der Waals surface area contributed by atoms with Crippen molar-refractivity contribution in [3.63, 3.8) is 0 Å². The van der Waals surface area contributed by atoms with Crippen molar-refractivity contribution in [2.45, 2.75) is 53.1 Å². The summed E-state index contributed by atoms with van der Waals surface area (Å²) < 4.78 is 0. The molecule has 1 amide bonds. The molecule has 0 bridgehead atoms. The molecule has 1 unspecified atom stereocenters. The first-order valence-corrected chi connectivity index (χ1v) is 7.51. The van der Waals surface area contributed by atoms with Crippen molar-refractivity contribution in [1.82, 2.24) is 10.6 Å². The Morgan fingerprint density at radius 3 is 2.40 bits per heavy atom. The Balaban J connectivity index is 2.47. The van der Waals surface area contributed by atoms with Crippen LogP contribution in [0.15, 0.2) is 24.3 Å². The molecule has 0 saturated heterocycles. The van der Waals surface area contributed by atoms with Crippen LogP contribution in [0.1, 0.15) is 51.3 Å². The third kappa shape index (κ3) is 5.33. The fourth-order valence-corrected chi connectivity index (χ4v) is 2.25. The van der Waals surface area contributed by atoms with Crippen LogP contribution < -0.4 is 10.6 Å². The fraction of sp³-hybridized carbons (Fsp3) is 0.588. The SMILES string of the molecule is Cc1ccccc1[C@@H](C)NC(C)C(=O)NCCC(C)C. The summed E-state index contributed by atoms with van der Waals surface area (Å²) in [5.74, 6) is 0.690. The van der Waals surface area contributed by atoms with E-state index in [2.05, 4.69) is 50.5 Å². The summed E-state index contributed by atoms with van der Waals surface area (Å²) in [6.07, 6.45) is 1.02. The molecule has 0 heterocycles. The lowest BCUT2D eigenvalue weighted by atomic mass is 10.0. The molecule has 0 spiro atoms. The van der Waals surface area contributed by atoms with E-state index >= 15 is 0 Å². The zero-order valence-electron chi connectivity index (χ0n) is 13.4. The molecule has 0 radical (unpaired) electrons. The Morgan fingerprint density at radius 2 is 1.80 bits per heavy atom. The van der Waals surface area contributed by atoms with E-state index in [1.807, 2.05) is 19.1 Å². The Morgan fingerprint density at radius 1 is 1.15 bits per heavy atom. The number of carbonyl (C=O) groups is 1. The van der Waals surface area contributed by atoms with Gasteiger partial charge in [-0.15, -0.1) is 0 Å². The van der Waals surface area contributed by atoms with Gasteiger partial charge in [0.05, 0.1) is 6.04 Å². The third-order valence-corrected chi connectivity index (χ3v) is 3.57. The monoisotopic (exact) mass is 276 g/mol. The van der Waals surface area contributed by atoms with Crippen molar-refractivity contribution in [2.75, 3.05) is 6.54 Å². The minimum Gasteiger partial charge on any atom is -0.355 e. The third-order valence-electron chi connectivity index (χ3n) is 3.57. The van der Waals surface area contributed by atoms with Gasteiger partial charge in [-0.2, -0.15) is 0 Å². The molecule has 0 saturated carbocycles. The highest BCUT2D eigenvalue weighted by Gasteiger charge is 2.16. The number of hydrogen-bond acceptors (Lipinski definition) is 2. The molecule has 20 heavy (non-hydrogen) atoms. The molecule has 0 aromatic heterocycles. The lowest BCUT2D eigenvalue weighted by Gasteiger charge is -2.21. The van der Waals surface area contributed by atoms with Crippen LogP contribution in [-0.4, -0.2) is 18.5 Å². The largest absolute Gasteiger partial charge is 0.355 e. The number of aryl methyl sites for hydroxylation is 1. The molecule has 3 nitrogen and oxygen atoms in total. The van der Waals surface area contributed by atoms with Gasteiger partial charge in [0.2, 0.25) is 5.91 Å². The summed E-state index contributed by atoms with van der Waals surface area (Å²) in [7, 11) is 0. The molecule has 1 rings (SSSR count). The van der Waals surface area contributed by atoms with E-state index < -0.39 is 0 Å². The zero-order valence-corrected chi connectivity index (χ0v) is 13.4. The molecule has 3 heteroatoms. The van der Waals surface area contributed by atoms with Gasteiger partial charge >= 0.3 is 0 Å². The smallest absolute Gasteiger partial charge is 0.236 e. The summed E-state index contributed by atoms with van der Waals surface area (Å²) >= 11 is 0. The van der Waals surface area contributed by atoms with E-state index in [-0.39, 0.29) is 18.0 Å². The number of carbonyl (C=O) groups excluding carboxylic acids is 1. The highest BCUT2D eigenvalue weighted by Crippen LogP contribution is 2.17. The van der Waals surface area contributed by atoms with Crippen LogP contribution in [0.5, 0.6) is 0 Å². The van der Waals surface area contributed by atoms with E-state index in [0.29, 0.717) is 5.92 Å². The average Bonchev–Trinajstić information content (AvgIpc) is 2.38. The first-order valence-electron chi connectivity index (χ1n) is 7.51. The highest BCUT2D eigenvalue weighted by molar-refractivity contribution is 5.81. The summed E-state index contributed by atoms with van der Waals surface area (Å²) in [4.78, 5) is 12.0. The lowest BCUT2D eigenvalue weighted by Crippen LogP contribution is -2.43. The Kier molecular flexibility index (Phi) is 6.73. The van der Waals surface area contributed by atoms with Gasteiger partial charge in [0.15, 0.2) is 0 Å². The normalized spacial score (nSPS) is 14.1. The second-order valence-corrected chi connectivity index (χ2v) is 5.94. The van der Waals surface area contributed by atoms with Crippen molar-refractivity contribution in [3.05, 3.63) is 35.4 Å². The minimum absolute atomic E-state index is 0.0751. The maximum Gasteiger partial charge on any atom is 0.236 e. The van der Waals surface area contributed by atoms with E-state index in [4.69, 9.17) is 0 Å². The lowest BCUT2D eigenvalue weighted by molar-refractivity contribution is -0.122.